The summed E-state index contributed by atoms with van der Waals surface area (Å²) in [7, 11) is 0. The summed E-state index contributed by atoms with van der Waals surface area (Å²) >= 11 is 5.87. The highest BCUT2D eigenvalue weighted by Crippen LogP contribution is 2.21. The summed E-state index contributed by atoms with van der Waals surface area (Å²) in [6.45, 7) is 4.83. The van der Waals surface area contributed by atoms with Gasteiger partial charge in [0.2, 0.25) is 0 Å². The van der Waals surface area contributed by atoms with E-state index in [4.69, 9.17) is 16.3 Å². The number of ether oxygens (including phenoxy) is 1. The van der Waals surface area contributed by atoms with Crippen molar-refractivity contribution in [1.29, 1.82) is 0 Å². The fraction of sp³-hybridized carbons (Fsp3) is 0.533. The van der Waals surface area contributed by atoms with Crippen LogP contribution in [0, 0.1) is 12.8 Å². The highest BCUT2D eigenvalue weighted by molar-refractivity contribution is 6.30. The first-order valence-electron chi connectivity index (χ1n) is 7.01. The summed E-state index contributed by atoms with van der Waals surface area (Å²) in [5.74, 6) is 1.31. The zero-order chi connectivity index (χ0) is 14.4. The molecule has 1 aliphatic heterocycles. The highest BCUT2D eigenvalue weighted by atomic mass is 35.5. The van der Waals surface area contributed by atoms with Gasteiger partial charge in [-0.3, -0.25) is 4.79 Å². The first kappa shape index (κ1) is 18.1. The quantitative estimate of drug-likeness (QED) is 0.841. The van der Waals surface area contributed by atoms with Crippen LogP contribution in [0.4, 0.5) is 0 Å². The van der Waals surface area contributed by atoms with E-state index in [0.29, 0.717) is 23.2 Å². The van der Waals surface area contributed by atoms with Gasteiger partial charge in [-0.1, -0.05) is 11.6 Å². The molecule has 0 aromatic heterocycles. The second kappa shape index (κ2) is 9.13. The second-order valence-corrected chi connectivity index (χ2v) is 5.63. The van der Waals surface area contributed by atoms with Crippen LogP contribution in [0.5, 0.6) is 5.75 Å². The van der Waals surface area contributed by atoms with Crippen molar-refractivity contribution in [1.82, 2.24) is 10.6 Å². The van der Waals surface area contributed by atoms with Crippen molar-refractivity contribution in [2.75, 3.05) is 26.2 Å². The maximum Gasteiger partial charge on any atom is 0.257 e. The van der Waals surface area contributed by atoms with Crippen LogP contribution in [0.1, 0.15) is 18.4 Å². The standard InChI is InChI=1S/C15H21ClN2O2.ClH/c1-11-8-13(16)2-3-14(11)20-10-15(19)18-7-5-12-4-6-17-9-12;/h2-3,8,12,17H,4-7,9-10H2,1H3,(H,18,19);1H. The summed E-state index contributed by atoms with van der Waals surface area (Å²) < 4.78 is 5.49. The summed E-state index contributed by atoms with van der Waals surface area (Å²) in [4.78, 5) is 11.7. The van der Waals surface area contributed by atoms with E-state index in [1.807, 2.05) is 13.0 Å². The molecule has 0 bridgehead atoms. The Morgan fingerprint density at radius 1 is 1.52 bits per heavy atom. The molecule has 1 aliphatic rings. The summed E-state index contributed by atoms with van der Waals surface area (Å²) in [5, 5.41) is 6.88. The van der Waals surface area contributed by atoms with Gasteiger partial charge in [0.25, 0.3) is 5.91 Å². The summed E-state index contributed by atoms with van der Waals surface area (Å²) in [6.07, 6.45) is 2.23. The highest BCUT2D eigenvalue weighted by Gasteiger charge is 2.14. The molecule has 2 N–H and O–H groups in total. The predicted octanol–water partition coefficient (Wildman–Crippen LogP) is 2.56. The predicted molar refractivity (Wildman–Crippen MR) is 87.5 cm³/mol. The first-order valence-corrected chi connectivity index (χ1v) is 7.39. The van der Waals surface area contributed by atoms with Crippen LogP contribution < -0.4 is 15.4 Å². The molecule has 1 unspecified atom stereocenters. The third kappa shape index (κ3) is 6.12. The van der Waals surface area contributed by atoms with E-state index < -0.39 is 0 Å². The van der Waals surface area contributed by atoms with Gasteiger partial charge in [0.05, 0.1) is 0 Å². The lowest BCUT2D eigenvalue weighted by molar-refractivity contribution is -0.123. The zero-order valence-corrected chi connectivity index (χ0v) is 13.7. The number of carbonyl (C=O) groups is 1. The largest absolute Gasteiger partial charge is 0.484 e. The third-order valence-electron chi connectivity index (χ3n) is 3.53. The van der Waals surface area contributed by atoms with Gasteiger partial charge in [-0.25, -0.2) is 0 Å². The van der Waals surface area contributed by atoms with Crippen LogP contribution in [0.25, 0.3) is 0 Å². The van der Waals surface area contributed by atoms with Crippen LogP contribution in [-0.4, -0.2) is 32.1 Å². The molecule has 1 aromatic rings. The van der Waals surface area contributed by atoms with E-state index >= 15 is 0 Å². The van der Waals surface area contributed by atoms with Gasteiger partial charge in [0, 0.05) is 11.6 Å². The Labute approximate surface area is 137 Å². The van der Waals surface area contributed by atoms with Gasteiger partial charge in [-0.05, 0) is 62.5 Å². The maximum absolute atomic E-state index is 11.7. The van der Waals surface area contributed by atoms with Gasteiger partial charge < -0.3 is 15.4 Å². The molecule has 1 fully saturated rings. The molecule has 118 valence electrons. The Balaban J connectivity index is 0.00000220. The molecule has 0 spiro atoms. The van der Waals surface area contributed by atoms with E-state index in [0.717, 1.165) is 25.1 Å². The van der Waals surface area contributed by atoms with Crippen LogP contribution in [0.3, 0.4) is 0 Å². The molecule has 4 nitrogen and oxygen atoms in total. The SMILES string of the molecule is Cc1cc(Cl)ccc1OCC(=O)NCCC1CCNC1.Cl. The number of aryl methyl sites for hydroxylation is 1. The van der Waals surface area contributed by atoms with Crippen LogP contribution in [-0.2, 0) is 4.79 Å². The van der Waals surface area contributed by atoms with E-state index in [2.05, 4.69) is 10.6 Å². The number of nitrogens with one attached hydrogen (secondary N) is 2. The van der Waals surface area contributed by atoms with Crippen molar-refractivity contribution in [3.05, 3.63) is 28.8 Å². The molecule has 0 radical (unpaired) electrons. The lowest BCUT2D eigenvalue weighted by Crippen LogP contribution is -2.31. The van der Waals surface area contributed by atoms with E-state index in [1.165, 1.54) is 6.42 Å². The maximum atomic E-state index is 11.7. The van der Waals surface area contributed by atoms with Crippen LogP contribution in [0.2, 0.25) is 5.02 Å². The van der Waals surface area contributed by atoms with Gasteiger partial charge >= 0.3 is 0 Å². The second-order valence-electron chi connectivity index (χ2n) is 5.20. The number of amides is 1. The molecular weight excluding hydrogens is 311 g/mol. The average molecular weight is 333 g/mol. The lowest BCUT2D eigenvalue weighted by atomic mass is 10.1. The Kier molecular flexibility index (Phi) is 7.86. The Bertz CT molecular complexity index is 463. The molecule has 6 heteroatoms. The number of benzene rings is 1. The number of hydrogen-bond acceptors (Lipinski definition) is 3. The van der Waals surface area contributed by atoms with Crippen LogP contribution >= 0.6 is 24.0 Å². The van der Waals surface area contributed by atoms with Crippen molar-refractivity contribution >= 4 is 29.9 Å². The molecular formula is C15H22Cl2N2O2. The Hall–Kier alpha value is -0.970. The molecule has 0 saturated carbocycles. The summed E-state index contributed by atoms with van der Waals surface area (Å²) in [6, 6.07) is 5.37. The van der Waals surface area contributed by atoms with E-state index in [-0.39, 0.29) is 24.9 Å². The lowest BCUT2D eigenvalue weighted by Gasteiger charge is -2.11. The van der Waals surface area contributed by atoms with Crippen LogP contribution in [0.15, 0.2) is 18.2 Å². The normalized spacial score (nSPS) is 17.1. The molecule has 21 heavy (non-hydrogen) atoms. The Morgan fingerprint density at radius 2 is 2.33 bits per heavy atom. The minimum absolute atomic E-state index is 0. The number of carbonyl (C=O) groups excluding carboxylic acids is 1. The zero-order valence-electron chi connectivity index (χ0n) is 12.2. The fourth-order valence-electron chi connectivity index (χ4n) is 2.35. The number of hydrogen-bond donors (Lipinski definition) is 2. The first-order chi connectivity index (χ1) is 9.65. The van der Waals surface area contributed by atoms with Gasteiger partial charge in [-0.15, -0.1) is 12.4 Å². The van der Waals surface area contributed by atoms with Crippen molar-refractivity contribution in [2.24, 2.45) is 5.92 Å². The molecule has 1 amide bonds. The third-order valence-corrected chi connectivity index (χ3v) is 3.77. The molecule has 1 saturated heterocycles. The molecule has 1 aromatic carbocycles. The number of halogens is 2. The molecule has 1 atom stereocenters. The molecule has 1 heterocycles. The summed E-state index contributed by atoms with van der Waals surface area (Å²) in [5.41, 5.74) is 0.933. The van der Waals surface area contributed by atoms with Gasteiger partial charge in [0.15, 0.2) is 6.61 Å². The van der Waals surface area contributed by atoms with E-state index in [9.17, 15) is 4.79 Å². The van der Waals surface area contributed by atoms with Crippen molar-refractivity contribution in [2.45, 2.75) is 19.8 Å². The van der Waals surface area contributed by atoms with Crippen molar-refractivity contribution in [3.63, 3.8) is 0 Å². The molecule has 2 rings (SSSR count). The van der Waals surface area contributed by atoms with Gasteiger partial charge in [0.1, 0.15) is 5.75 Å². The smallest absolute Gasteiger partial charge is 0.257 e. The van der Waals surface area contributed by atoms with Crippen molar-refractivity contribution in [3.8, 4) is 5.75 Å². The minimum Gasteiger partial charge on any atom is -0.484 e. The average Bonchev–Trinajstić information content (AvgIpc) is 2.91. The monoisotopic (exact) mass is 332 g/mol. The number of rotatable bonds is 6. The Morgan fingerprint density at radius 3 is 3.00 bits per heavy atom. The van der Waals surface area contributed by atoms with E-state index in [1.54, 1.807) is 12.1 Å². The topological polar surface area (TPSA) is 50.4 Å². The minimum atomic E-state index is -0.0784. The molecule has 0 aliphatic carbocycles. The fourth-order valence-corrected chi connectivity index (χ4v) is 2.57. The van der Waals surface area contributed by atoms with Crippen molar-refractivity contribution < 1.29 is 9.53 Å². The van der Waals surface area contributed by atoms with Gasteiger partial charge in [-0.2, -0.15) is 0 Å².